The SMILES string of the molecule is CC(CCNCCc1ccc(O)c(O)c1)c1cccc(C(N)=O)c1.Cl. The molecule has 0 aliphatic heterocycles. The number of amides is 1. The van der Waals surface area contributed by atoms with Crippen molar-refractivity contribution in [3.8, 4) is 11.5 Å². The second-order valence-corrected chi connectivity index (χ2v) is 6.00. The first kappa shape index (κ1) is 20.8. The van der Waals surface area contributed by atoms with E-state index in [1.165, 1.54) is 6.07 Å². The number of hydrogen-bond donors (Lipinski definition) is 4. The Hall–Kier alpha value is -2.24. The van der Waals surface area contributed by atoms with Gasteiger partial charge in [0.05, 0.1) is 0 Å². The standard InChI is InChI=1S/C19H24N2O3.ClH/c1-13(15-3-2-4-16(12-15)19(20)24)7-9-21-10-8-14-5-6-17(22)18(23)11-14;/h2-6,11-13,21-23H,7-10H2,1H3,(H2,20,24);1H. The first-order valence-electron chi connectivity index (χ1n) is 8.08. The second kappa shape index (κ2) is 9.91. The van der Waals surface area contributed by atoms with Gasteiger partial charge in [0.15, 0.2) is 11.5 Å². The Morgan fingerprint density at radius 1 is 1.12 bits per heavy atom. The van der Waals surface area contributed by atoms with Gasteiger partial charge in [-0.1, -0.05) is 25.1 Å². The predicted molar refractivity (Wildman–Crippen MR) is 102 cm³/mol. The van der Waals surface area contributed by atoms with Gasteiger partial charge in [0, 0.05) is 5.56 Å². The van der Waals surface area contributed by atoms with E-state index < -0.39 is 5.91 Å². The smallest absolute Gasteiger partial charge is 0.248 e. The monoisotopic (exact) mass is 364 g/mol. The van der Waals surface area contributed by atoms with Gasteiger partial charge in [-0.15, -0.1) is 12.4 Å². The van der Waals surface area contributed by atoms with Crippen molar-refractivity contribution < 1.29 is 15.0 Å². The molecule has 25 heavy (non-hydrogen) atoms. The Bertz CT molecular complexity index is 707. The number of aromatic hydroxyl groups is 2. The summed E-state index contributed by atoms with van der Waals surface area (Å²) in [6.45, 7) is 3.77. The van der Waals surface area contributed by atoms with Crippen molar-refractivity contribution in [2.45, 2.75) is 25.7 Å². The number of benzene rings is 2. The largest absolute Gasteiger partial charge is 0.504 e. The molecule has 5 N–H and O–H groups in total. The Labute approximate surface area is 154 Å². The molecule has 0 spiro atoms. The average molecular weight is 365 g/mol. The van der Waals surface area contributed by atoms with E-state index in [1.54, 1.807) is 18.2 Å². The molecule has 0 aromatic heterocycles. The Morgan fingerprint density at radius 2 is 1.88 bits per heavy atom. The molecule has 5 nitrogen and oxygen atoms in total. The maximum Gasteiger partial charge on any atom is 0.248 e. The van der Waals surface area contributed by atoms with Crippen LogP contribution in [0.25, 0.3) is 0 Å². The van der Waals surface area contributed by atoms with Gasteiger partial charge in [0.2, 0.25) is 5.91 Å². The molecule has 0 fully saturated rings. The number of carbonyl (C=O) groups is 1. The fourth-order valence-corrected chi connectivity index (χ4v) is 2.57. The zero-order valence-electron chi connectivity index (χ0n) is 14.2. The normalized spacial score (nSPS) is 11.6. The Balaban J connectivity index is 0.00000312. The van der Waals surface area contributed by atoms with Crippen LogP contribution >= 0.6 is 12.4 Å². The quantitative estimate of drug-likeness (QED) is 0.427. The fraction of sp³-hybridized carbons (Fsp3) is 0.316. The number of halogens is 1. The molecular weight excluding hydrogens is 340 g/mol. The first-order valence-corrected chi connectivity index (χ1v) is 8.08. The molecule has 1 unspecified atom stereocenters. The molecule has 1 atom stereocenters. The summed E-state index contributed by atoms with van der Waals surface area (Å²) in [5.41, 5.74) is 7.93. The number of hydrogen-bond acceptors (Lipinski definition) is 4. The molecule has 2 aromatic rings. The van der Waals surface area contributed by atoms with Gasteiger partial charge < -0.3 is 21.3 Å². The summed E-state index contributed by atoms with van der Waals surface area (Å²) in [5.74, 6) is -0.261. The van der Waals surface area contributed by atoms with E-state index in [0.717, 1.165) is 37.1 Å². The fourth-order valence-electron chi connectivity index (χ4n) is 2.57. The lowest BCUT2D eigenvalue weighted by Gasteiger charge is -2.13. The number of nitrogens with two attached hydrogens (primary N) is 1. The van der Waals surface area contributed by atoms with Gasteiger partial charge >= 0.3 is 0 Å². The van der Waals surface area contributed by atoms with Crippen LogP contribution in [0.1, 0.15) is 40.7 Å². The van der Waals surface area contributed by atoms with Crippen molar-refractivity contribution in [2.24, 2.45) is 5.73 Å². The minimum Gasteiger partial charge on any atom is -0.504 e. The van der Waals surface area contributed by atoms with Crippen LogP contribution in [0.15, 0.2) is 42.5 Å². The van der Waals surface area contributed by atoms with Gasteiger partial charge in [-0.05, 0) is 67.2 Å². The average Bonchev–Trinajstić information content (AvgIpc) is 2.57. The molecule has 6 heteroatoms. The van der Waals surface area contributed by atoms with E-state index in [9.17, 15) is 15.0 Å². The van der Waals surface area contributed by atoms with Crippen LogP contribution in [-0.4, -0.2) is 29.2 Å². The number of rotatable bonds is 8. The molecule has 1 amide bonds. The summed E-state index contributed by atoms with van der Waals surface area (Å²) in [6, 6.07) is 12.3. The molecular formula is C19H25ClN2O3. The van der Waals surface area contributed by atoms with E-state index in [2.05, 4.69) is 12.2 Å². The summed E-state index contributed by atoms with van der Waals surface area (Å²) >= 11 is 0. The molecule has 0 aliphatic carbocycles. The molecule has 0 saturated carbocycles. The van der Waals surface area contributed by atoms with E-state index in [0.29, 0.717) is 11.5 Å². The number of phenols is 2. The lowest BCUT2D eigenvalue weighted by atomic mass is 9.96. The molecule has 0 saturated heterocycles. The molecule has 0 heterocycles. The summed E-state index contributed by atoms with van der Waals surface area (Å²) < 4.78 is 0. The summed E-state index contributed by atoms with van der Waals surface area (Å²) in [4.78, 5) is 11.2. The second-order valence-electron chi connectivity index (χ2n) is 6.00. The van der Waals surface area contributed by atoms with Crippen molar-refractivity contribution in [1.82, 2.24) is 5.32 Å². The number of primary amides is 1. The Kier molecular flexibility index (Phi) is 8.25. The van der Waals surface area contributed by atoms with Gasteiger partial charge in [0.1, 0.15) is 0 Å². The minimum absolute atomic E-state index is 0. The van der Waals surface area contributed by atoms with Gasteiger partial charge in [-0.3, -0.25) is 4.79 Å². The van der Waals surface area contributed by atoms with Crippen LogP contribution in [0, 0.1) is 0 Å². The highest BCUT2D eigenvalue weighted by molar-refractivity contribution is 5.92. The topological polar surface area (TPSA) is 95.6 Å². The highest BCUT2D eigenvalue weighted by Crippen LogP contribution is 2.25. The van der Waals surface area contributed by atoms with E-state index >= 15 is 0 Å². The van der Waals surface area contributed by atoms with Gasteiger partial charge in [-0.25, -0.2) is 0 Å². The van der Waals surface area contributed by atoms with Crippen LogP contribution in [0.2, 0.25) is 0 Å². The zero-order chi connectivity index (χ0) is 17.5. The predicted octanol–water partition coefficient (Wildman–Crippen LogP) is 2.94. The van der Waals surface area contributed by atoms with Crippen LogP contribution < -0.4 is 11.1 Å². The van der Waals surface area contributed by atoms with Crippen molar-refractivity contribution in [3.05, 3.63) is 59.2 Å². The maximum atomic E-state index is 11.2. The number of nitrogens with one attached hydrogen (secondary N) is 1. The molecule has 0 radical (unpaired) electrons. The van der Waals surface area contributed by atoms with E-state index in [1.807, 2.05) is 18.2 Å². The highest BCUT2D eigenvalue weighted by atomic mass is 35.5. The van der Waals surface area contributed by atoms with Crippen molar-refractivity contribution in [2.75, 3.05) is 13.1 Å². The van der Waals surface area contributed by atoms with Crippen LogP contribution in [-0.2, 0) is 6.42 Å². The summed E-state index contributed by atoms with van der Waals surface area (Å²) in [5, 5.41) is 22.1. The maximum absolute atomic E-state index is 11.2. The zero-order valence-corrected chi connectivity index (χ0v) is 15.1. The van der Waals surface area contributed by atoms with Crippen molar-refractivity contribution >= 4 is 18.3 Å². The number of carbonyl (C=O) groups excluding carboxylic acids is 1. The van der Waals surface area contributed by atoms with Crippen LogP contribution in [0.3, 0.4) is 0 Å². The summed E-state index contributed by atoms with van der Waals surface area (Å²) in [7, 11) is 0. The molecule has 0 aliphatic rings. The lowest BCUT2D eigenvalue weighted by Crippen LogP contribution is -2.20. The van der Waals surface area contributed by atoms with Crippen molar-refractivity contribution in [1.29, 1.82) is 0 Å². The van der Waals surface area contributed by atoms with Crippen molar-refractivity contribution in [3.63, 3.8) is 0 Å². The molecule has 0 bridgehead atoms. The minimum atomic E-state index is -0.403. The van der Waals surface area contributed by atoms with Gasteiger partial charge in [-0.2, -0.15) is 0 Å². The van der Waals surface area contributed by atoms with Crippen LogP contribution in [0.5, 0.6) is 11.5 Å². The van der Waals surface area contributed by atoms with E-state index in [-0.39, 0.29) is 23.9 Å². The summed E-state index contributed by atoms with van der Waals surface area (Å²) in [6.07, 6.45) is 1.72. The third kappa shape index (κ3) is 6.29. The van der Waals surface area contributed by atoms with E-state index in [4.69, 9.17) is 5.73 Å². The molecule has 136 valence electrons. The van der Waals surface area contributed by atoms with Crippen LogP contribution in [0.4, 0.5) is 0 Å². The first-order chi connectivity index (χ1) is 11.5. The number of phenolic OH excluding ortho intramolecular Hbond substituents is 2. The highest BCUT2D eigenvalue weighted by Gasteiger charge is 2.08. The molecule has 2 rings (SSSR count). The lowest BCUT2D eigenvalue weighted by molar-refractivity contribution is 0.1000. The molecule has 2 aromatic carbocycles. The third-order valence-corrected chi connectivity index (χ3v) is 4.12. The van der Waals surface area contributed by atoms with Gasteiger partial charge in [0.25, 0.3) is 0 Å². The Morgan fingerprint density at radius 3 is 2.56 bits per heavy atom. The third-order valence-electron chi connectivity index (χ3n) is 4.12.